The van der Waals surface area contributed by atoms with Crippen LogP contribution in [0.25, 0.3) is 0 Å². The average molecular weight is 769 g/mol. The van der Waals surface area contributed by atoms with Gasteiger partial charge in [-0.15, -0.1) is 0 Å². The summed E-state index contributed by atoms with van der Waals surface area (Å²) in [7, 11) is 1.23. The summed E-state index contributed by atoms with van der Waals surface area (Å²) in [6.45, 7) is 4.54. The van der Waals surface area contributed by atoms with Crippen LogP contribution in [0.1, 0.15) is 187 Å². The molecular formula is C44H85N2O6P. The van der Waals surface area contributed by atoms with E-state index in [0.29, 0.717) is 17.4 Å². The second-order valence-electron chi connectivity index (χ2n) is 16.0. The van der Waals surface area contributed by atoms with Crippen molar-refractivity contribution < 1.29 is 32.9 Å². The summed E-state index contributed by atoms with van der Waals surface area (Å²) in [6.07, 6.45) is 43.4. The van der Waals surface area contributed by atoms with Gasteiger partial charge in [0.05, 0.1) is 39.9 Å². The van der Waals surface area contributed by atoms with Crippen LogP contribution < -0.4 is 10.2 Å². The maximum atomic E-state index is 12.8. The van der Waals surface area contributed by atoms with Crippen LogP contribution in [0.3, 0.4) is 0 Å². The zero-order valence-corrected chi connectivity index (χ0v) is 36.1. The van der Waals surface area contributed by atoms with Crippen LogP contribution in [0, 0.1) is 0 Å². The number of phosphoric ester groups is 1. The number of likely N-dealkylation sites (N-methyl/N-ethyl adjacent to an activating group) is 1. The number of allylic oxidation sites excluding steroid dienone is 5. The molecule has 2 N–H and O–H groups in total. The Morgan fingerprint density at radius 3 is 1.49 bits per heavy atom. The number of unbranched alkanes of at least 4 members (excludes halogenated alkanes) is 22. The van der Waals surface area contributed by atoms with Crippen LogP contribution in [0.5, 0.6) is 0 Å². The number of carbonyl (C=O) groups is 1. The minimum atomic E-state index is -4.59. The zero-order chi connectivity index (χ0) is 39.3. The van der Waals surface area contributed by atoms with E-state index >= 15 is 0 Å². The number of amides is 1. The zero-order valence-electron chi connectivity index (χ0n) is 35.2. The molecule has 0 aliphatic rings. The van der Waals surface area contributed by atoms with E-state index in [9.17, 15) is 19.4 Å². The number of carbonyl (C=O) groups excluding carboxylic acids is 1. The van der Waals surface area contributed by atoms with E-state index in [0.717, 1.165) is 51.4 Å². The Morgan fingerprint density at radius 2 is 1.06 bits per heavy atom. The van der Waals surface area contributed by atoms with Gasteiger partial charge in [0, 0.05) is 6.42 Å². The maximum absolute atomic E-state index is 12.8. The van der Waals surface area contributed by atoms with Gasteiger partial charge in [0.15, 0.2) is 0 Å². The van der Waals surface area contributed by atoms with E-state index in [1.54, 1.807) is 6.08 Å². The molecule has 53 heavy (non-hydrogen) atoms. The molecule has 0 rings (SSSR count). The lowest BCUT2D eigenvalue weighted by atomic mass is 10.0. The first kappa shape index (κ1) is 51.7. The first-order chi connectivity index (χ1) is 25.5. The van der Waals surface area contributed by atoms with E-state index in [1.807, 2.05) is 27.2 Å². The highest BCUT2D eigenvalue weighted by Gasteiger charge is 2.23. The van der Waals surface area contributed by atoms with Gasteiger partial charge < -0.3 is 28.8 Å². The fourth-order valence-corrected chi connectivity index (χ4v) is 6.80. The van der Waals surface area contributed by atoms with Gasteiger partial charge in [0.2, 0.25) is 5.91 Å². The highest BCUT2D eigenvalue weighted by Crippen LogP contribution is 2.38. The third-order valence-corrected chi connectivity index (χ3v) is 10.5. The van der Waals surface area contributed by atoms with Gasteiger partial charge in [-0.1, -0.05) is 179 Å². The van der Waals surface area contributed by atoms with Crippen LogP contribution in [-0.2, 0) is 18.4 Å². The Bertz CT molecular complexity index is 964. The number of hydrogen-bond acceptors (Lipinski definition) is 6. The number of quaternary nitrogens is 1. The Morgan fingerprint density at radius 1 is 0.642 bits per heavy atom. The van der Waals surface area contributed by atoms with E-state index in [-0.39, 0.29) is 12.5 Å². The van der Waals surface area contributed by atoms with Gasteiger partial charge in [-0.3, -0.25) is 9.36 Å². The molecule has 0 saturated carbocycles. The molecule has 9 heteroatoms. The number of nitrogens with one attached hydrogen (secondary N) is 1. The second-order valence-corrected chi connectivity index (χ2v) is 17.4. The van der Waals surface area contributed by atoms with E-state index in [2.05, 4.69) is 43.5 Å². The molecule has 0 heterocycles. The molecule has 312 valence electrons. The molecular weight excluding hydrogens is 683 g/mol. The lowest BCUT2D eigenvalue weighted by Gasteiger charge is -2.29. The molecule has 0 aliphatic carbocycles. The second kappa shape index (κ2) is 36.4. The Kier molecular flexibility index (Phi) is 35.5. The van der Waals surface area contributed by atoms with Gasteiger partial charge in [0.1, 0.15) is 13.2 Å². The molecule has 0 aromatic carbocycles. The standard InChI is InChI=1S/C44H85N2O6P/c1-6-8-10-12-14-16-18-19-20-21-22-23-24-25-26-28-30-32-34-36-38-44(48)45-42(41-52-53(49,50)51-40-39-46(3,4)5)43(47)37-35-33-31-29-27-17-15-13-11-9-7-2/h11,13,27,29,35,37,42-43,47H,6-10,12,14-26,28,30-34,36,38-41H2,1-5H3,(H-,45,48,49,50)/b13-11+,29-27+,37-35+. The average Bonchev–Trinajstić information content (AvgIpc) is 3.10. The summed E-state index contributed by atoms with van der Waals surface area (Å²) in [5.41, 5.74) is 0. The summed E-state index contributed by atoms with van der Waals surface area (Å²) in [5, 5.41) is 13.7. The van der Waals surface area contributed by atoms with E-state index in [4.69, 9.17) is 9.05 Å². The van der Waals surface area contributed by atoms with Crippen molar-refractivity contribution in [2.24, 2.45) is 0 Å². The third-order valence-electron chi connectivity index (χ3n) is 9.56. The molecule has 3 atom stereocenters. The van der Waals surface area contributed by atoms with Crippen molar-refractivity contribution in [3.05, 3.63) is 36.5 Å². The fraction of sp³-hybridized carbons (Fsp3) is 0.841. The molecule has 0 radical (unpaired) electrons. The summed E-state index contributed by atoms with van der Waals surface area (Å²) in [4.78, 5) is 25.2. The number of aliphatic hydroxyl groups excluding tert-OH is 1. The van der Waals surface area contributed by atoms with Gasteiger partial charge >= 0.3 is 0 Å². The summed E-state index contributed by atoms with van der Waals surface area (Å²) in [5.74, 6) is -0.212. The number of phosphoric acid groups is 1. The number of hydrogen-bond donors (Lipinski definition) is 2. The quantitative estimate of drug-likeness (QED) is 0.0279. The van der Waals surface area contributed by atoms with Crippen molar-refractivity contribution in [3.63, 3.8) is 0 Å². The molecule has 1 amide bonds. The summed E-state index contributed by atoms with van der Waals surface area (Å²) < 4.78 is 23.1. The van der Waals surface area contributed by atoms with Crippen molar-refractivity contribution >= 4 is 13.7 Å². The first-order valence-electron chi connectivity index (χ1n) is 21.9. The molecule has 0 aromatic rings. The molecule has 8 nitrogen and oxygen atoms in total. The minimum absolute atomic E-state index is 0.00819. The lowest BCUT2D eigenvalue weighted by molar-refractivity contribution is -0.870. The molecule has 0 saturated heterocycles. The highest BCUT2D eigenvalue weighted by atomic mass is 31.2. The topological polar surface area (TPSA) is 108 Å². The normalized spacial score (nSPS) is 14.8. The predicted octanol–water partition coefficient (Wildman–Crippen LogP) is 11.3. The molecule has 0 bridgehead atoms. The van der Waals surface area contributed by atoms with E-state index in [1.165, 1.54) is 116 Å². The minimum Gasteiger partial charge on any atom is -0.756 e. The van der Waals surface area contributed by atoms with Crippen LogP contribution >= 0.6 is 7.82 Å². The molecule has 0 fully saturated rings. The van der Waals surface area contributed by atoms with Crippen molar-refractivity contribution in [1.82, 2.24) is 5.32 Å². The third kappa shape index (κ3) is 38.8. The lowest BCUT2D eigenvalue weighted by Crippen LogP contribution is -2.45. The number of rotatable bonds is 39. The maximum Gasteiger partial charge on any atom is 0.268 e. The largest absolute Gasteiger partial charge is 0.756 e. The predicted molar refractivity (Wildman–Crippen MR) is 224 cm³/mol. The highest BCUT2D eigenvalue weighted by molar-refractivity contribution is 7.45. The SMILES string of the molecule is CCC/C=C/CC/C=C/CC/C=C/C(O)C(COP(=O)([O-])OCC[N+](C)(C)C)NC(=O)CCCCCCCCCCCCCCCCCCCCCC. The first-order valence-corrected chi connectivity index (χ1v) is 23.3. The van der Waals surface area contributed by atoms with Gasteiger partial charge in [0.25, 0.3) is 7.82 Å². The van der Waals surface area contributed by atoms with E-state index < -0.39 is 26.6 Å². The van der Waals surface area contributed by atoms with Crippen molar-refractivity contribution in [2.45, 2.75) is 199 Å². The van der Waals surface area contributed by atoms with Crippen molar-refractivity contribution in [3.8, 4) is 0 Å². The monoisotopic (exact) mass is 769 g/mol. The molecule has 0 spiro atoms. The Hall–Kier alpha value is -1.28. The van der Waals surface area contributed by atoms with Crippen LogP contribution in [-0.4, -0.2) is 68.5 Å². The Labute approximate surface area is 327 Å². The fourth-order valence-electron chi connectivity index (χ4n) is 6.07. The number of aliphatic hydroxyl groups is 1. The van der Waals surface area contributed by atoms with Crippen LogP contribution in [0.4, 0.5) is 0 Å². The molecule has 0 aromatic heterocycles. The Balaban J connectivity index is 4.34. The summed E-state index contributed by atoms with van der Waals surface area (Å²) in [6, 6.07) is -0.904. The van der Waals surface area contributed by atoms with Crippen molar-refractivity contribution in [2.75, 3.05) is 40.9 Å². The smallest absolute Gasteiger partial charge is 0.268 e. The van der Waals surface area contributed by atoms with Crippen molar-refractivity contribution in [1.29, 1.82) is 0 Å². The summed E-state index contributed by atoms with van der Waals surface area (Å²) >= 11 is 0. The molecule has 0 aliphatic heterocycles. The van der Waals surface area contributed by atoms with Gasteiger partial charge in [-0.05, 0) is 38.5 Å². The van der Waals surface area contributed by atoms with Gasteiger partial charge in [-0.25, -0.2) is 0 Å². The number of nitrogens with zero attached hydrogens (tertiary/aromatic N) is 1. The van der Waals surface area contributed by atoms with Crippen LogP contribution in [0.15, 0.2) is 36.5 Å². The van der Waals surface area contributed by atoms with Crippen LogP contribution in [0.2, 0.25) is 0 Å². The molecule has 3 unspecified atom stereocenters. The van der Waals surface area contributed by atoms with Gasteiger partial charge in [-0.2, -0.15) is 0 Å².